The number of benzene rings is 1. The average Bonchev–Trinajstić information content (AvgIpc) is 3.51. The highest BCUT2D eigenvalue weighted by Crippen LogP contribution is 2.19. The predicted octanol–water partition coefficient (Wildman–Crippen LogP) is 3.62. The van der Waals surface area contributed by atoms with Gasteiger partial charge in [-0.1, -0.05) is 17.4 Å². The topological polar surface area (TPSA) is 129 Å². The monoisotopic (exact) mass is 519 g/mol. The third kappa shape index (κ3) is 7.62. The Bertz CT molecular complexity index is 1450. The molecule has 11 nitrogen and oxygen atoms in total. The normalized spacial score (nSPS) is 11.9. The van der Waals surface area contributed by atoms with Crippen molar-refractivity contribution < 1.29 is 14.3 Å². The number of hydrogen-bond donors (Lipinski definition) is 2. The number of ether oxygens (including phenoxy) is 2. The van der Waals surface area contributed by atoms with E-state index in [9.17, 15) is 9.59 Å². The summed E-state index contributed by atoms with van der Waals surface area (Å²) in [5.41, 5.74) is 2.82. The van der Waals surface area contributed by atoms with Crippen molar-refractivity contribution in [3.63, 3.8) is 0 Å². The maximum Gasteiger partial charge on any atom is 0.407 e. The molecule has 0 aliphatic rings. The molecule has 3 aromatic heterocycles. The molecule has 200 valence electrons. The SMILES string of the molecule is CCOC(C)(C)CCNC(=O)OCc1cn(CCn2ccc3cc(/C=C/c4cc(=O)[nH]cn4)ccc32)nn1. The van der Waals surface area contributed by atoms with Crippen LogP contribution in [-0.2, 0) is 29.2 Å². The van der Waals surface area contributed by atoms with Crippen molar-refractivity contribution in [1.29, 1.82) is 0 Å². The fraction of sp³-hybridized carbons (Fsp3) is 0.370. The van der Waals surface area contributed by atoms with Gasteiger partial charge in [0.2, 0.25) is 0 Å². The molecule has 0 radical (unpaired) electrons. The Morgan fingerprint density at radius 3 is 2.87 bits per heavy atom. The molecule has 0 fully saturated rings. The molecular weight excluding hydrogens is 486 g/mol. The van der Waals surface area contributed by atoms with E-state index in [0.29, 0.717) is 44.0 Å². The quantitative estimate of drug-likeness (QED) is 0.292. The largest absolute Gasteiger partial charge is 0.443 e. The number of alkyl carbamates (subject to hydrolysis) is 1. The highest BCUT2D eigenvalue weighted by atomic mass is 16.5. The molecule has 0 saturated heterocycles. The number of amides is 1. The summed E-state index contributed by atoms with van der Waals surface area (Å²) >= 11 is 0. The summed E-state index contributed by atoms with van der Waals surface area (Å²) in [6.07, 6.45) is 9.14. The van der Waals surface area contributed by atoms with Gasteiger partial charge < -0.3 is 24.3 Å². The minimum absolute atomic E-state index is 0.0519. The summed E-state index contributed by atoms with van der Waals surface area (Å²) in [5.74, 6) is 0. The van der Waals surface area contributed by atoms with Crippen LogP contribution >= 0.6 is 0 Å². The zero-order chi connectivity index (χ0) is 27.0. The molecule has 0 aliphatic heterocycles. The molecule has 0 unspecified atom stereocenters. The van der Waals surface area contributed by atoms with Gasteiger partial charge in [-0.05, 0) is 57.0 Å². The number of nitrogens with one attached hydrogen (secondary N) is 2. The first-order valence-electron chi connectivity index (χ1n) is 12.6. The molecule has 11 heteroatoms. The number of aromatic nitrogens is 6. The van der Waals surface area contributed by atoms with Crippen molar-refractivity contribution >= 4 is 29.1 Å². The van der Waals surface area contributed by atoms with Gasteiger partial charge in [0.25, 0.3) is 5.56 Å². The Hall–Kier alpha value is -4.25. The third-order valence-corrected chi connectivity index (χ3v) is 5.98. The molecule has 0 aliphatic carbocycles. The minimum atomic E-state index is -0.492. The Balaban J connectivity index is 1.25. The second-order valence-corrected chi connectivity index (χ2v) is 9.42. The zero-order valence-electron chi connectivity index (χ0n) is 21.9. The number of aryl methyl sites for hydroxylation is 2. The van der Waals surface area contributed by atoms with E-state index in [1.54, 1.807) is 10.9 Å². The second-order valence-electron chi connectivity index (χ2n) is 9.42. The average molecular weight is 520 g/mol. The van der Waals surface area contributed by atoms with Crippen molar-refractivity contribution in [3.8, 4) is 0 Å². The van der Waals surface area contributed by atoms with Crippen LogP contribution in [-0.4, -0.2) is 54.4 Å². The molecule has 1 amide bonds. The number of nitrogens with zero attached hydrogens (tertiary/aromatic N) is 5. The summed E-state index contributed by atoms with van der Waals surface area (Å²) in [7, 11) is 0. The Morgan fingerprint density at radius 1 is 1.18 bits per heavy atom. The number of aromatic amines is 1. The van der Waals surface area contributed by atoms with Crippen molar-refractivity contribution in [2.45, 2.75) is 52.5 Å². The molecule has 1 aromatic carbocycles. The van der Waals surface area contributed by atoms with Crippen LogP contribution in [0.4, 0.5) is 4.79 Å². The number of fused-ring (bicyclic) bond motifs is 1. The summed E-state index contributed by atoms with van der Waals surface area (Å²) in [6.45, 7) is 8.39. The third-order valence-electron chi connectivity index (χ3n) is 5.98. The first-order valence-corrected chi connectivity index (χ1v) is 12.6. The highest BCUT2D eigenvalue weighted by Gasteiger charge is 2.17. The molecule has 2 N–H and O–H groups in total. The maximum atomic E-state index is 12.0. The van der Waals surface area contributed by atoms with Crippen molar-refractivity contribution in [2.75, 3.05) is 13.2 Å². The first kappa shape index (κ1) is 26.8. The van der Waals surface area contributed by atoms with Crippen LogP contribution in [0.3, 0.4) is 0 Å². The molecule has 38 heavy (non-hydrogen) atoms. The van der Waals surface area contributed by atoms with E-state index < -0.39 is 6.09 Å². The van der Waals surface area contributed by atoms with Crippen LogP contribution < -0.4 is 10.9 Å². The molecule has 0 bridgehead atoms. The summed E-state index contributed by atoms with van der Waals surface area (Å²) in [6, 6.07) is 9.69. The van der Waals surface area contributed by atoms with E-state index in [1.807, 2.05) is 45.2 Å². The van der Waals surface area contributed by atoms with E-state index in [2.05, 4.69) is 48.4 Å². The van der Waals surface area contributed by atoms with E-state index in [1.165, 1.54) is 12.4 Å². The van der Waals surface area contributed by atoms with Crippen LogP contribution in [0.15, 0.2) is 53.8 Å². The zero-order valence-corrected chi connectivity index (χ0v) is 21.9. The molecule has 4 rings (SSSR count). The lowest BCUT2D eigenvalue weighted by molar-refractivity contribution is -0.0155. The van der Waals surface area contributed by atoms with Gasteiger partial charge in [-0.3, -0.25) is 9.48 Å². The summed E-state index contributed by atoms with van der Waals surface area (Å²) in [5, 5.41) is 12.1. The molecular formula is C27H33N7O4. The molecule has 0 saturated carbocycles. The van der Waals surface area contributed by atoms with Crippen molar-refractivity contribution in [1.82, 2.24) is 34.8 Å². The Labute approximate surface area is 220 Å². The van der Waals surface area contributed by atoms with Gasteiger partial charge in [0.1, 0.15) is 12.3 Å². The van der Waals surface area contributed by atoms with Gasteiger partial charge in [0.15, 0.2) is 0 Å². The lowest BCUT2D eigenvalue weighted by atomic mass is 10.1. The smallest absolute Gasteiger partial charge is 0.407 e. The number of carbonyl (C=O) groups excluding carboxylic acids is 1. The molecule has 0 spiro atoms. The molecule has 3 heterocycles. The Morgan fingerprint density at radius 2 is 2.05 bits per heavy atom. The van der Waals surface area contributed by atoms with Gasteiger partial charge >= 0.3 is 6.09 Å². The van der Waals surface area contributed by atoms with Crippen LogP contribution in [0.2, 0.25) is 0 Å². The van der Waals surface area contributed by atoms with Crippen molar-refractivity contribution in [2.24, 2.45) is 0 Å². The van der Waals surface area contributed by atoms with E-state index >= 15 is 0 Å². The lowest BCUT2D eigenvalue weighted by Gasteiger charge is -2.24. The van der Waals surface area contributed by atoms with E-state index in [0.717, 1.165) is 16.5 Å². The van der Waals surface area contributed by atoms with Gasteiger partial charge in [-0.2, -0.15) is 0 Å². The lowest BCUT2D eigenvalue weighted by Crippen LogP contribution is -2.33. The number of rotatable bonds is 12. The predicted molar refractivity (Wildman–Crippen MR) is 144 cm³/mol. The number of carbonyl (C=O) groups is 1. The van der Waals surface area contributed by atoms with Crippen molar-refractivity contribution in [3.05, 3.63) is 76.4 Å². The summed E-state index contributed by atoms with van der Waals surface area (Å²) in [4.78, 5) is 30.0. The van der Waals surface area contributed by atoms with Gasteiger partial charge in [0, 0.05) is 42.9 Å². The molecule has 4 aromatic rings. The van der Waals surface area contributed by atoms with Gasteiger partial charge in [-0.15, -0.1) is 5.10 Å². The van der Waals surface area contributed by atoms with Crippen LogP contribution in [0.1, 0.15) is 44.1 Å². The van der Waals surface area contributed by atoms with E-state index in [4.69, 9.17) is 9.47 Å². The van der Waals surface area contributed by atoms with Crippen LogP contribution in [0, 0.1) is 0 Å². The number of H-pyrrole nitrogens is 1. The van der Waals surface area contributed by atoms with Gasteiger partial charge in [-0.25, -0.2) is 9.78 Å². The van der Waals surface area contributed by atoms with E-state index in [-0.39, 0.29) is 17.8 Å². The molecule has 0 atom stereocenters. The van der Waals surface area contributed by atoms with Crippen LogP contribution in [0.25, 0.3) is 23.1 Å². The highest BCUT2D eigenvalue weighted by molar-refractivity contribution is 5.84. The number of hydrogen-bond acceptors (Lipinski definition) is 7. The second kappa shape index (κ2) is 12.3. The fourth-order valence-electron chi connectivity index (χ4n) is 4.02. The van der Waals surface area contributed by atoms with Crippen LogP contribution in [0.5, 0.6) is 0 Å². The minimum Gasteiger partial charge on any atom is -0.443 e. The van der Waals surface area contributed by atoms with Gasteiger partial charge in [0.05, 0.1) is 30.4 Å². The summed E-state index contributed by atoms with van der Waals surface area (Å²) < 4.78 is 14.8. The maximum absolute atomic E-state index is 12.0. The Kier molecular flexibility index (Phi) is 8.70. The standard InChI is InChI=1S/C27H33N7O4/c1-4-38-27(2,3)10-11-28-26(36)37-18-23-17-34(32-31-23)14-13-33-12-9-21-15-20(6-8-24(21)33)5-7-22-16-25(35)30-19-29-22/h5-9,12,15-17,19H,4,10-11,13-14,18H2,1-3H3,(H,28,36)(H,29,30,35)/b7-5+. The first-order chi connectivity index (χ1) is 18.3. The fourth-order valence-corrected chi connectivity index (χ4v) is 4.02.